The summed E-state index contributed by atoms with van der Waals surface area (Å²) in [7, 11) is 5.71. The van der Waals surface area contributed by atoms with Gasteiger partial charge in [-0.3, -0.25) is 4.79 Å². The van der Waals surface area contributed by atoms with Crippen LogP contribution >= 0.6 is 0 Å². The van der Waals surface area contributed by atoms with Crippen LogP contribution in [0.4, 0.5) is 5.82 Å². The van der Waals surface area contributed by atoms with Gasteiger partial charge in [-0.2, -0.15) is 0 Å². The second-order valence-corrected chi connectivity index (χ2v) is 4.29. The first-order valence-electron chi connectivity index (χ1n) is 5.63. The number of nitrogens with one attached hydrogen (secondary N) is 2. The molecular weight excluding hydrogens is 216 g/mol. The van der Waals surface area contributed by atoms with Crippen LogP contribution in [0.5, 0.6) is 0 Å². The van der Waals surface area contributed by atoms with Gasteiger partial charge >= 0.3 is 0 Å². The Hall–Kier alpha value is -1.62. The Labute approximate surface area is 102 Å². The number of likely N-dealkylation sites (N-methyl/N-ethyl adjacent to an activating group) is 1. The molecule has 0 spiro atoms. The minimum Gasteiger partial charge on any atom is -0.372 e. The molecule has 1 unspecified atom stereocenters. The summed E-state index contributed by atoms with van der Waals surface area (Å²) in [4.78, 5) is 18.1. The number of carbonyl (C=O) groups is 1. The molecule has 0 saturated heterocycles. The molecule has 0 fully saturated rings. The number of nitrogens with zero attached hydrogens (tertiary/aromatic N) is 2. The smallest absolute Gasteiger partial charge is 0.255 e. The lowest BCUT2D eigenvalue weighted by atomic mass is 10.2. The van der Waals surface area contributed by atoms with E-state index in [0.29, 0.717) is 11.4 Å². The lowest BCUT2D eigenvalue weighted by Gasteiger charge is -2.18. The number of amides is 1. The Kier molecular flexibility index (Phi) is 4.90. The number of rotatable bonds is 5. The lowest BCUT2D eigenvalue weighted by molar-refractivity contribution is 0.0935. The fourth-order valence-corrected chi connectivity index (χ4v) is 1.68. The maximum absolute atomic E-state index is 12.0. The second-order valence-electron chi connectivity index (χ2n) is 4.29. The molecule has 5 heteroatoms. The lowest BCUT2D eigenvalue weighted by Crippen LogP contribution is -2.39. The average molecular weight is 236 g/mol. The molecule has 0 aliphatic rings. The quantitative estimate of drug-likeness (QED) is 0.794. The highest BCUT2D eigenvalue weighted by Crippen LogP contribution is 2.10. The van der Waals surface area contributed by atoms with Gasteiger partial charge in [0.25, 0.3) is 5.91 Å². The van der Waals surface area contributed by atoms with Crippen LogP contribution in [0.25, 0.3) is 0 Å². The predicted octanol–water partition coefficient (Wildman–Crippen LogP) is 0.803. The summed E-state index contributed by atoms with van der Waals surface area (Å²) in [6, 6.07) is 3.62. The van der Waals surface area contributed by atoms with E-state index in [-0.39, 0.29) is 11.9 Å². The fourth-order valence-electron chi connectivity index (χ4n) is 1.68. The maximum atomic E-state index is 12.0. The zero-order valence-corrected chi connectivity index (χ0v) is 10.8. The Morgan fingerprint density at radius 3 is 2.82 bits per heavy atom. The van der Waals surface area contributed by atoms with Crippen LogP contribution in [0.1, 0.15) is 17.3 Å². The minimum atomic E-state index is -0.100. The number of anilines is 1. The number of hydrogen-bond acceptors (Lipinski definition) is 4. The molecule has 0 saturated carbocycles. The van der Waals surface area contributed by atoms with E-state index < -0.39 is 0 Å². The minimum absolute atomic E-state index is 0.0995. The molecule has 94 valence electrons. The molecule has 2 N–H and O–H groups in total. The van der Waals surface area contributed by atoms with Gasteiger partial charge in [-0.05, 0) is 33.2 Å². The van der Waals surface area contributed by atoms with Crippen molar-refractivity contribution in [2.75, 3.05) is 33.0 Å². The van der Waals surface area contributed by atoms with E-state index in [0.717, 1.165) is 6.54 Å². The van der Waals surface area contributed by atoms with Crippen molar-refractivity contribution in [1.82, 2.24) is 15.2 Å². The summed E-state index contributed by atoms with van der Waals surface area (Å²) in [6.45, 7) is 2.79. The maximum Gasteiger partial charge on any atom is 0.255 e. The van der Waals surface area contributed by atoms with Gasteiger partial charge in [-0.15, -0.1) is 0 Å². The van der Waals surface area contributed by atoms with Gasteiger partial charge < -0.3 is 15.5 Å². The van der Waals surface area contributed by atoms with E-state index in [2.05, 4.69) is 15.6 Å². The van der Waals surface area contributed by atoms with E-state index in [1.807, 2.05) is 25.9 Å². The summed E-state index contributed by atoms with van der Waals surface area (Å²) in [6.07, 6.45) is 1.66. The van der Waals surface area contributed by atoms with Gasteiger partial charge in [-0.25, -0.2) is 4.98 Å². The Morgan fingerprint density at radius 1 is 1.53 bits per heavy atom. The molecule has 1 aromatic heterocycles. The number of pyridine rings is 1. The number of carbonyl (C=O) groups excluding carboxylic acids is 1. The van der Waals surface area contributed by atoms with E-state index in [4.69, 9.17) is 0 Å². The molecule has 0 aliphatic heterocycles. The van der Waals surface area contributed by atoms with Crippen LogP contribution < -0.4 is 10.6 Å². The van der Waals surface area contributed by atoms with Gasteiger partial charge in [0.05, 0.1) is 5.56 Å². The summed E-state index contributed by atoms with van der Waals surface area (Å²) >= 11 is 0. The standard InChI is InChI=1S/C12H20N4O/c1-9(8-16(3)4)15-12(17)10-6-5-7-14-11(10)13-2/h5-7,9H,8H2,1-4H3,(H,13,14)(H,15,17). The van der Waals surface area contributed by atoms with E-state index in [1.54, 1.807) is 25.4 Å². The van der Waals surface area contributed by atoms with Crippen molar-refractivity contribution < 1.29 is 4.79 Å². The Morgan fingerprint density at radius 2 is 2.24 bits per heavy atom. The summed E-state index contributed by atoms with van der Waals surface area (Å²) in [5, 5.41) is 5.85. The third-order valence-corrected chi connectivity index (χ3v) is 2.31. The van der Waals surface area contributed by atoms with Crippen LogP contribution in [0.3, 0.4) is 0 Å². The third-order valence-electron chi connectivity index (χ3n) is 2.31. The molecule has 0 aliphatic carbocycles. The van der Waals surface area contributed by atoms with Crippen LogP contribution in [0.2, 0.25) is 0 Å². The number of hydrogen-bond donors (Lipinski definition) is 2. The molecule has 5 nitrogen and oxygen atoms in total. The zero-order valence-electron chi connectivity index (χ0n) is 10.8. The van der Waals surface area contributed by atoms with Crippen molar-refractivity contribution in [3.05, 3.63) is 23.9 Å². The largest absolute Gasteiger partial charge is 0.372 e. The molecule has 17 heavy (non-hydrogen) atoms. The SMILES string of the molecule is CNc1ncccc1C(=O)NC(C)CN(C)C. The predicted molar refractivity (Wildman–Crippen MR) is 69.3 cm³/mol. The van der Waals surface area contributed by atoms with Crippen molar-refractivity contribution in [2.45, 2.75) is 13.0 Å². The van der Waals surface area contributed by atoms with Crippen molar-refractivity contribution in [3.8, 4) is 0 Å². The average Bonchev–Trinajstić information content (AvgIpc) is 2.27. The summed E-state index contributed by atoms with van der Waals surface area (Å²) in [5.41, 5.74) is 0.570. The van der Waals surface area contributed by atoms with E-state index >= 15 is 0 Å². The Bertz CT molecular complexity index is 379. The van der Waals surface area contributed by atoms with Crippen molar-refractivity contribution in [3.63, 3.8) is 0 Å². The van der Waals surface area contributed by atoms with Crippen LogP contribution in [-0.4, -0.2) is 49.5 Å². The molecule has 0 bridgehead atoms. The van der Waals surface area contributed by atoms with Gasteiger partial charge in [0.1, 0.15) is 5.82 Å². The van der Waals surface area contributed by atoms with E-state index in [1.165, 1.54) is 0 Å². The summed E-state index contributed by atoms with van der Waals surface area (Å²) < 4.78 is 0. The van der Waals surface area contributed by atoms with Gasteiger partial charge in [0.2, 0.25) is 0 Å². The summed E-state index contributed by atoms with van der Waals surface area (Å²) in [5.74, 6) is 0.499. The number of aromatic nitrogens is 1. The van der Waals surface area contributed by atoms with Crippen molar-refractivity contribution >= 4 is 11.7 Å². The topological polar surface area (TPSA) is 57.3 Å². The molecule has 1 amide bonds. The van der Waals surface area contributed by atoms with Gasteiger partial charge in [-0.1, -0.05) is 0 Å². The fraction of sp³-hybridized carbons (Fsp3) is 0.500. The first kappa shape index (κ1) is 13.4. The molecule has 1 heterocycles. The third kappa shape index (κ3) is 4.03. The molecule has 1 rings (SSSR count). The normalized spacial score (nSPS) is 12.3. The highest BCUT2D eigenvalue weighted by molar-refractivity contribution is 5.98. The molecule has 1 atom stereocenters. The van der Waals surface area contributed by atoms with E-state index in [9.17, 15) is 4.79 Å². The second kappa shape index (κ2) is 6.20. The monoisotopic (exact) mass is 236 g/mol. The van der Waals surface area contributed by atoms with Crippen LogP contribution in [0.15, 0.2) is 18.3 Å². The molecule has 1 aromatic rings. The van der Waals surface area contributed by atoms with Gasteiger partial charge in [0.15, 0.2) is 0 Å². The molecule has 0 radical (unpaired) electrons. The molecule has 0 aromatic carbocycles. The zero-order chi connectivity index (χ0) is 12.8. The van der Waals surface area contributed by atoms with Crippen LogP contribution in [-0.2, 0) is 0 Å². The van der Waals surface area contributed by atoms with Crippen molar-refractivity contribution in [1.29, 1.82) is 0 Å². The highest BCUT2D eigenvalue weighted by atomic mass is 16.1. The Balaban J connectivity index is 2.69. The van der Waals surface area contributed by atoms with Crippen molar-refractivity contribution in [2.24, 2.45) is 0 Å². The molecular formula is C12H20N4O. The first-order valence-corrected chi connectivity index (χ1v) is 5.63. The van der Waals surface area contributed by atoms with Gasteiger partial charge in [0, 0.05) is 25.8 Å². The first-order chi connectivity index (χ1) is 8.04. The van der Waals surface area contributed by atoms with Crippen LogP contribution in [0, 0.1) is 0 Å². The highest BCUT2D eigenvalue weighted by Gasteiger charge is 2.13.